The molecule has 0 spiro atoms. The summed E-state index contributed by atoms with van der Waals surface area (Å²) in [5, 5.41) is 0. The van der Waals surface area contributed by atoms with Crippen molar-refractivity contribution in [2.75, 3.05) is 0 Å². The second-order valence-electron chi connectivity index (χ2n) is 1.86. The zero-order valence-electron chi connectivity index (χ0n) is 5.02. The summed E-state index contributed by atoms with van der Waals surface area (Å²) in [6, 6.07) is 9.71. The van der Waals surface area contributed by atoms with Gasteiger partial charge in [-0.25, -0.2) is 0 Å². The van der Waals surface area contributed by atoms with Gasteiger partial charge in [0.2, 0.25) is 0 Å². The van der Waals surface area contributed by atoms with Gasteiger partial charge in [0.05, 0.1) is 0 Å². The maximum atomic E-state index is 5.89. The van der Waals surface area contributed by atoms with E-state index in [1.165, 1.54) is 0 Å². The molecule has 0 unspecified atom stereocenters. The molecule has 1 aromatic rings. The van der Waals surface area contributed by atoms with Gasteiger partial charge in [0.1, 0.15) is 0 Å². The molecule has 1 rings (SSSR count). The van der Waals surface area contributed by atoms with E-state index in [1.807, 2.05) is 30.3 Å². The predicted octanol–water partition coefficient (Wildman–Crippen LogP) is 3.83. The number of halogens is 3. The average molecular weight is 284 g/mol. The quantitative estimate of drug-likeness (QED) is 0.688. The second-order valence-corrected chi connectivity index (χ2v) is 6.79. The van der Waals surface area contributed by atoms with E-state index in [0.29, 0.717) is 0 Å². The van der Waals surface area contributed by atoms with Gasteiger partial charge in [0.25, 0.3) is 0 Å². The third-order valence-electron chi connectivity index (χ3n) is 1.10. The average Bonchev–Trinajstić information content (AvgIpc) is 1.88. The van der Waals surface area contributed by atoms with E-state index in [0.717, 1.165) is 5.56 Å². The van der Waals surface area contributed by atoms with E-state index < -0.39 is 2.69 Å². The van der Waals surface area contributed by atoms with Gasteiger partial charge in [-0.1, -0.05) is 41.9 Å². The first-order valence-corrected chi connectivity index (χ1v) is 4.69. The summed E-state index contributed by atoms with van der Waals surface area (Å²) in [7, 11) is 0. The first kappa shape index (κ1) is 8.57. The van der Waals surface area contributed by atoms with Gasteiger partial charge in [0, 0.05) is 0 Å². The normalized spacial score (nSPS) is 11.5. The number of hydrogen-bond donors (Lipinski definition) is 0. The standard InChI is InChI=1S/C7H5Br2Cl/c8-7(9,10)6-4-2-1-3-5-6/h1-5H. The number of rotatable bonds is 1. The van der Waals surface area contributed by atoms with Crippen molar-refractivity contribution < 1.29 is 0 Å². The van der Waals surface area contributed by atoms with E-state index in [9.17, 15) is 0 Å². The van der Waals surface area contributed by atoms with Gasteiger partial charge >= 0.3 is 0 Å². The van der Waals surface area contributed by atoms with Crippen molar-refractivity contribution in [2.24, 2.45) is 0 Å². The molecule has 0 aromatic heterocycles. The fourth-order valence-corrected chi connectivity index (χ4v) is 1.28. The molecule has 0 saturated heterocycles. The largest absolute Gasteiger partial charge is 0.178 e. The lowest BCUT2D eigenvalue weighted by molar-refractivity contribution is 1.33. The minimum atomic E-state index is -0.610. The van der Waals surface area contributed by atoms with E-state index in [2.05, 4.69) is 31.9 Å². The van der Waals surface area contributed by atoms with Gasteiger partial charge in [-0.2, -0.15) is 0 Å². The molecule has 0 atom stereocenters. The molecule has 0 aliphatic carbocycles. The van der Waals surface area contributed by atoms with Crippen LogP contribution in [0.25, 0.3) is 0 Å². The van der Waals surface area contributed by atoms with Crippen molar-refractivity contribution in [3.05, 3.63) is 35.9 Å². The highest BCUT2D eigenvalue weighted by molar-refractivity contribution is 9.25. The van der Waals surface area contributed by atoms with Gasteiger partial charge < -0.3 is 0 Å². The molecule has 0 amide bonds. The molecule has 0 bridgehead atoms. The Bertz CT molecular complexity index is 203. The molecule has 0 aliphatic rings. The minimum absolute atomic E-state index is 0.610. The van der Waals surface area contributed by atoms with Crippen LogP contribution in [0.3, 0.4) is 0 Å². The van der Waals surface area contributed by atoms with Gasteiger partial charge in [-0.05, 0) is 37.4 Å². The molecule has 0 heterocycles. The van der Waals surface area contributed by atoms with Gasteiger partial charge in [0.15, 0.2) is 2.69 Å². The van der Waals surface area contributed by atoms with Crippen LogP contribution in [0.5, 0.6) is 0 Å². The fraction of sp³-hybridized carbons (Fsp3) is 0.143. The van der Waals surface area contributed by atoms with Crippen LogP contribution < -0.4 is 0 Å². The Balaban J connectivity index is 2.97. The van der Waals surface area contributed by atoms with Crippen LogP contribution in [-0.4, -0.2) is 0 Å². The highest BCUT2D eigenvalue weighted by Crippen LogP contribution is 2.41. The van der Waals surface area contributed by atoms with Crippen LogP contribution in [-0.2, 0) is 2.69 Å². The highest BCUT2D eigenvalue weighted by atomic mass is 79.9. The van der Waals surface area contributed by atoms with Crippen LogP contribution in [0, 0.1) is 0 Å². The minimum Gasteiger partial charge on any atom is -0.0886 e. The molecule has 54 valence electrons. The van der Waals surface area contributed by atoms with E-state index in [4.69, 9.17) is 11.6 Å². The maximum absolute atomic E-state index is 5.89. The van der Waals surface area contributed by atoms with Crippen LogP contribution >= 0.6 is 43.5 Å². The van der Waals surface area contributed by atoms with Gasteiger partial charge in [-0.15, -0.1) is 0 Å². The molecule has 0 saturated carbocycles. The smallest absolute Gasteiger partial charge is 0.0886 e. The Morgan fingerprint density at radius 2 is 1.60 bits per heavy atom. The highest BCUT2D eigenvalue weighted by Gasteiger charge is 2.19. The van der Waals surface area contributed by atoms with Crippen LogP contribution in [0.1, 0.15) is 5.56 Å². The first-order chi connectivity index (χ1) is 4.61. The number of alkyl halides is 3. The van der Waals surface area contributed by atoms with Crippen molar-refractivity contribution in [3.63, 3.8) is 0 Å². The zero-order chi connectivity index (χ0) is 7.61. The Labute approximate surface area is 81.8 Å². The molecule has 0 aliphatic heterocycles. The zero-order valence-corrected chi connectivity index (χ0v) is 8.95. The Kier molecular flexibility index (Phi) is 2.78. The van der Waals surface area contributed by atoms with Crippen LogP contribution in [0.2, 0.25) is 0 Å². The van der Waals surface area contributed by atoms with E-state index >= 15 is 0 Å². The Morgan fingerprint density at radius 3 is 1.90 bits per heavy atom. The van der Waals surface area contributed by atoms with Crippen LogP contribution in [0.15, 0.2) is 30.3 Å². The predicted molar refractivity (Wildman–Crippen MR) is 51.8 cm³/mol. The molecule has 10 heavy (non-hydrogen) atoms. The van der Waals surface area contributed by atoms with Crippen molar-refractivity contribution >= 4 is 43.5 Å². The number of benzene rings is 1. The van der Waals surface area contributed by atoms with E-state index in [-0.39, 0.29) is 0 Å². The third-order valence-corrected chi connectivity index (χ3v) is 2.24. The van der Waals surface area contributed by atoms with Crippen LogP contribution in [0.4, 0.5) is 0 Å². The molecular formula is C7H5Br2Cl. The topological polar surface area (TPSA) is 0 Å². The monoisotopic (exact) mass is 282 g/mol. The lowest BCUT2D eigenvalue weighted by atomic mass is 10.2. The molecule has 0 radical (unpaired) electrons. The summed E-state index contributed by atoms with van der Waals surface area (Å²) in [4.78, 5) is 0. The van der Waals surface area contributed by atoms with Crippen molar-refractivity contribution in [1.82, 2.24) is 0 Å². The van der Waals surface area contributed by atoms with Crippen molar-refractivity contribution in [2.45, 2.75) is 2.69 Å². The SMILES string of the molecule is ClC(Br)(Br)c1ccccc1. The first-order valence-electron chi connectivity index (χ1n) is 2.73. The molecule has 0 nitrogen and oxygen atoms in total. The molecule has 0 fully saturated rings. The Hall–Kier alpha value is 0.470. The lowest BCUT2D eigenvalue weighted by Gasteiger charge is -2.10. The molecule has 3 heteroatoms. The maximum Gasteiger partial charge on any atom is 0.178 e. The lowest BCUT2D eigenvalue weighted by Crippen LogP contribution is -1.96. The Morgan fingerprint density at radius 1 is 1.10 bits per heavy atom. The van der Waals surface area contributed by atoms with E-state index in [1.54, 1.807) is 0 Å². The molecule has 0 N–H and O–H groups in total. The van der Waals surface area contributed by atoms with Gasteiger partial charge in [-0.3, -0.25) is 0 Å². The summed E-state index contributed by atoms with van der Waals surface area (Å²) in [5.41, 5.74) is 0.997. The third kappa shape index (κ3) is 2.26. The summed E-state index contributed by atoms with van der Waals surface area (Å²) in [6.45, 7) is 0. The number of hydrogen-bond acceptors (Lipinski definition) is 0. The van der Waals surface area contributed by atoms with Crippen molar-refractivity contribution in [1.29, 1.82) is 0 Å². The summed E-state index contributed by atoms with van der Waals surface area (Å²) in [5.74, 6) is 0. The summed E-state index contributed by atoms with van der Waals surface area (Å²) in [6.07, 6.45) is 0. The fourth-order valence-electron chi connectivity index (χ4n) is 0.627. The van der Waals surface area contributed by atoms with Crippen molar-refractivity contribution in [3.8, 4) is 0 Å². The molecular weight excluding hydrogens is 279 g/mol. The second kappa shape index (κ2) is 3.24. The molecule has 1 aromatic carbocycles. The summed E-state index contributed by atoms with van der Waals surface area (Å²) >= 11 is 12.4. The summed E-state index contributed by atoms with van der Waals surface area (Å²) < 4.78 is -0.610.